The Balaban J connectivity index is 2.35. The van der Waals surface area contributed by atoms with E-state index < -0.39 is 34.7 Å². The summed E-state index contributed by atoms with van der Waals surface area (Å²) < 4.78 is 15.8. The third kappa shape index (κ3) is 3.21. The fourth-order valence-electron chi connectivity index (χ4n) is 2.98. The van der Waals surface area contributed by atoms with Gasteiger partial charge >= 0.3 is 5.97 Å². The van der Waals surface area contributed by atoms with Crippen LogP contribution in [0.5, 0.6) is 5.75 Å². The molecule has 2 heterocycles. The molecular formula is C18H16N2O8. The minimum Gasteiger partial charge on any atom is -0.462 e. The van der Waals surface area contributed by atoms with Crippen molar-refractivity contribution in [2.24, 2.45) is 5.73 Å². The number of aliphatic hydroxyl groups is 1. The van der Waals surface area contributed by atoms with Gasteiger partial charge in [-0.15, -0.1) is 0 Å². The largest absolute Gasteiger partial charge is 0.462 e. The average Bonchev–Trinajstić information content (AvgIpc) is 2.67. The van der Waals surface area contributed by atoms with Crippen LogP contribution in [0.15, 0.2) is 51.0 Å². The third-order valence-electron chi connectivity index (χ3n) is 4.10. The highest BCUT2D eigenvalue weighted by Gasteiger charge is 2.41. The van der Waals surface area contributed by atoms with Gasteiger partial charge in [-0.3, -0.25) is 14.9 Å². The van der Waals surface area contributed by atoms with E-state index in [4.69, 9.17) is 19.6 Å². The topological polar surface area (TPSA) is 155 Å². The van der Waals surface area contributed by atoms with Crippen LogP contribution < -0.4 is 15.9 Å². The summed E-state index contributed by atoms with van der Waals surface area (Å²) >= 11 is 0. The molecule has 0 radical (unpaired) electrons. The molecule has 0 unspecified atom stereocenters. The smallest absolute Gasteiger partial charge is 0.340 e. The molecule has 0 bridgehead atoms. The molecule has 1 aromatic carbocycles. The van der Waals surface area contributed by atoms with Gasteiger partial charge in [0.1, 0.15) is 17.9 Å². The van der Waals surface area contributed by atoms with Crippen molar-refractivity contribution < 1.29 is 28.7 Å². The molecule has 0 saturated heterocycles. The zero-order valence-corrected chi connectivity index (χ0v) is 14.7. The molecule has 10 heteroatoms. The Kier molecular flexibility index (Phi) is 5.14. The van der Waals surface area contributed by atoms with E-state index in [1.807, 2.05) is 0 Å². The highest BCUT2D eigenvalue weighted by molar-refractivity contribution is 5.92. The maximum absolute atomic E-state index is 12.5. The first-order valence-electron chi connectivity index (χ1n) is 8.24. The van der Waals surface area contributed by atoms with E-state index in [9.17, 15) is 24.8 Å². The van der Waals surface area contributed by atoms with Crippen molar-refractivity contribution in [2.45, 2.75) is 19.4 Å². The first kappa shape index (κ1) is 19.1. The van der Waals surface area contributed by atoms with E-state index in [1.54, 1.807) is 6.92 Å². The maximum atomic E-state index is 12.5. The van der Waals surface area contributed by atoms with Gasteiger partial charge in [-0.05, 0) is 6.92 Å². The summed E-state index contributed by atoms with van der Waals surface area (Å²) in [4.78, 5) is 35.8. The van der Waals surface area contributed by atoms with Crippen LogP contribution in [0.2, 0.25) is 0 Å². The average molecular weight is 388 g/mol. The number of ether oxygens (including phenoxy) is 2. The molecule has 0 saturated carbocycles. The number of hydrogen-bond acceptors (Lipinski definition) is 9. The van der Waals surface area contributed by atoms with Crippen molar-refractivity contribution in [3.05, 3.63) is 79.2 Å². The Morgan fingerprint density at radius 1 is 1.39 bits per heavy atom. The quantitative estimate of drug-likeness (QED) is 0.438. The number of nitrogens with zero attached hydrogens (tertiary/aromatic N) is 1. The second-order valence-electron chi connectivity index (χ2n) is 5.78. The Labute approximate surface area is 157 Å². The molecule has 3 rings (SSSR count). The van der Waals surface area contributed by atoms with Crippen molar-refractivity contribution in [1.82, 2.24) is 0 Å². The third-order valence-corrected chi connectivity index (χ3v) is 4.10. The summed E-state index contributed by atoms with van der Waals surface area (Å²) in [6.07, 6.45) is 0. The first-order valence-corrected chi connectivity index (χ1v) is 8.24. The molecule has 2 aromatic rings. The first-order chi connectivity index (χ1) is 13.4. The minimum absolute atomic E-state index is 0.0205. The molecule has 1 aromatic heterocycles. The summed E-state index contributed by atoms with van der Waals surface area (Å²) in [5.41, 5.74) is 4.73. The second-order valence-corrected chi connectivity index (χ2v) is 5.78. The highest BCUT2D eigenvalue weighted by atomic mass is 16.6. The minimum atomic E-state index is -1.23. The number of hydrogen-bond donors (Lipinski definition) is 2. The molecule has 0 spiro atoms. The number of esters is 1. The molecular weight excluding hydrogens is 372 g/mol. The van der Waals surface area contributed by atoms with Crippen LogP contribution in [0.25, 0.3) is 0 Å². The lowest BCUT2D eigenvalue weighted by Crippen LogP contribution is -2.30. The zero-order chi connectivity index (χ0) is 20.4. The van der Waals surface area contributed by atoms with Crippen LogP contribution in [-0.4, -0.2) is 22.6 Å². The SMILES string of the molecule is CCOC(=O)C1=C(N)Oc2c(oc(CO)cc2=O)[C@H]1c1ccccc1[N+](=O)[O-]. The Hall–Kier alpha value is -3.66. The van der Waals surface area contributed by atoms with Crippen LogP contribution in [-0.2, 0) is 16.1 Å². The lowest BCUT2D eigenvalue weighted by molar-refractivity contribution is -0.385. The summed E-state index contributed by atoms with van der Waals surface area (Å²) in [7, 11) is 0. The van der Waals surface area contributed by atoms with Crippen molar-refractivity contribution in [3.8, 4) is 5.75 Å². The van der Waals surface area contributed by atoms with Crippen LogP contribution in [0, 0.1) is 10.1 Å². The Bertz CT molecular complexity index is 1040. The number of nitrogens with two attached hydrogens (primary N) is 1. The van der Waals surface area contributed by atoms with Crippen molar-refractivity contribution in [1.29, 1.82) is 0 Å². The van der Waals surface area contributed by atoms with E-state index >= 15 is 0 Å². The zero-order valence-electron chi connectivity index (χ0n) is 14.7. The molecule has 0 fully saturated rings. The van der Waals surface area contributed by atoms with Crippen LogP contribution >= 0.6 is 0 Å². The Morgan fingerprint density at radius 2 is 2.11 bits per heavy atom. The van der Waals surface area contributed by atoms with Gasteiger partial charge in [0.05, 0.1) is 17.4 Å². The molecule has 1 aliphatic rings. The van der Waals surface area contributed by atoms with E-state index in [2.05, 4.69) is 0 Å². The van der Waals surface area contributed by atoms with Gasteiger partial charge in [-0.2, -0.15) is 0 Å². The van der Waals surface area contributed by atoms with Crippen LogP contribution in [0.3, 0.4) is 0 Å². The predicted molar refractivity (Wildman–Crippen MR) is 94.3 cm³/mol. The van der Waals surface area contributed by atoms with Crippen molar-refractivity contribution in [3.63, 3.8) is 0 Å². The number of rotatable bonds is 5. The van der Waals surface area contributed by atoms with Gasteiger partial charge in [0, 0.05) is 17.7 Å². The molecule has 0 amide bonds. The molecule has 1 aliphatic heterocycles. The Morgan fingerprint density at radius 3 is 2.75 bits per heavy atom. The van der Waals surface area contributed by atoms with E-state index in [-0.39, 0.29) is 40.7 Å². The van der Waals surface area contributed by atoms with Gasteiger partial charge < -0.3 is 24.7 Å². The number of benzene rings is 1. The van der Waals surface area contributed by atoms with E-state index in [0.717, 1.165) is 6.07 Å². The fourth-order valence-corrected chi connectivity index (χ4v) is 2.98. The lowest BCUT2D eigenvalue weighted by atomic mass is 9.85. The van der Waals surface area contributed by atoms with Gasteiger partial charge in [-0.25, -0.2) is 4.79 Å². The summed E-state index contributed by atoms with van der Waals surface area (Å²) in [5, 5.41) is 20.9. The molecule has 146 valence electrons. The number of aliphatic hydroxyl groups excluding tert-OH is 1. The second kappa shape index (κ2) is 7.53. The van der Waals surface area contributed by atoms with Gasteiger partial charge in [0.25, 0.3) is 5.69 Å². The standard InChI is InChI=1S/C18H16N2O8/c1-2-26-18(23)14-13(10-5-3-4-6-11(10)20(24)25)16-15(28-17(14)19)12(22)7-9(8-21)27-16/h3-7,13,21H,2,8,19H2,1H3/t13-/m0/s1. The highest BCUT2D eigenvalue weighted by Crippen LogP contribution is 2.44. The summed E-state index contributed by atoms with van der Waals surface area (Å²) in [6.45, 7) is 1.00. The normalized spacial score (nSPS) is 15.6. The molecule has 0 aliphatic carbocycles. The number of nitro benzene ring substituents is 1. The lowest BCUT2D eigenvalue weighted by Gasteiger charge is -2.26. The van der Waals surface area contributed by atoms with Crippen molar-refractivity contribution >= 4 is 11.7 Å². The van der Waals surface area contributed by atoms with Gasteiger partial charge in [0.15, 0.2) is 5.76 Å². The van der Waals surface area contributed by atoms with Gasteiger partial charge in [-0.1, -0.05) is 18.2 Å². The monoisotopic (exact) mass is 388 g/mol. The maximum Gasteiger partial charge on any atom is 0.340 e. The van der Waals surface area contributed by atoms with Gasteiger partial charge in [0.2, 0.25) is 17.1 Å². The van der Waals surface area contributed by atoms with Crippen LogP contribution in [0.1, 0.15) is 29.9 Å². The number of para-hydroxylation sites is 1. The molecule has 1 atom stereocenters. The van der Waals surface area contributed by atoms with Crippen molar-refractivity contribution in [2.75, 3.05) is 6.61 Å². The number of carbonyl (C=O) groups excluding carboxylic acids is 1. The summed E-state index contributed by atoms with van der Waals surface area (Å²) in [6, 6.07) is 6.66. The number of fused-ring (bicyclic) bond motifs is 1. The number of carbonyl (C=O) groups is 1. The predicted octanol–water partition coefficient (Wildman–Crippen LogP) is 1.30. The van der Waals surface area contributed by atoms with Crippen LogP contribution in [0.4, 0.5) is 5.69 Å². The molecule has 28 heavy (non-hydrogen) atoms. The fraction of sp³-hybridized carbons (Fsp3) is 0.222. The molecule has 10 nitrogen and oxygen atoms in total. The summed E-state index contributed by atoms with van der Waals surface area (Å²) in [5.74, 6) is -3.11. The molecule has 3 N–H and O–H groups in total. The number of nitro groups is 1. The van der Waals surface area contributed by atoms with E-state index in [0.29, 0.717) is 0 Å². The van der Waals surface area contributed by atoms with E-state index in [1.165, 1.54) is 24.3 Å².